The van der Waals surface area contributed by atoms with Crippen molar-refractivity contribution in [3.05, 3.63) is 53.0 Å². The molecule has 5 rings (SSSR count). The number of nitrogens with zero attached hydrogens (tertiary/aromatic N) is 7. The highest BCUT2D eigenvalue weighted by atomic mass is 32.1. The molecule has 2 aromatic heterocycles. The van der Waals surface area contributed by atoms with Crippen LogP contribution in [0.1, 0.15) is 10.6 Å². The van der Waals surface area contributed by atoms with E-state index in [1.807, 2.05) is 0 Å². The molecule has 0 amide bonds. The van der Waals surface area contributed by atoms with Gasteiger partial charge < -0.3 is 19.4 Å². The Hall–Kier alpha value is -2.85. The van der Waals surface area contributed by atoms with Crippen molar-refractivity contribution >= 4 is 28.1 Å². The zero-order valence-corrected chi connectivity index (χ0v) is 18.0. The standard InChI is InChI=1S/C21H24FN7OS/c22-17-3-1-16(2-4-17)13-20-25-26-21(31-20)29-7-5-27(6-8-29)18-14-19(24-15-23-18)28-9-11-30-12-10-28/h1-4,14-15H,5-13H2. The van der Waals surface area contributed by atoms with Crippen molar-refractivity contribution in [2.45, 2.75) is 6.42 Å². The van der Waals surface area contributed by atoms with E-state index in [2.05, 4.69) is 40.9 Å². The molecule has 0 atom stereocenters. The minimum atomic E-state index is -0.222. The largest absolute Gasteiger partial charge is 0.378 e. The third-order valence-electron chi connectivity index (χ3n) is 5.57. The van der Waals surface area contributed by atoms with Crippen LogP contribution in [0.5, 0.6) is 0 Å². The summed E-state index contributed by atoms with van der Waals surface area (Å²) in [6.07, 6.45) is 2.32. The van der Waals surface area contributed by atoms with Gasteiger partial charge in [-0.15, -0.1) is 10.2 Å². The molecule has 2 fully saturated rings. The van der Waals surface area contributed by atoms with E-state index in [-0.39, 0.29) is 5.82 Å². The molecule has 0 unspecified atom stereocenters. The van der Waals surface area contributed by atoms with Crippen molar-refractivity contribution in [2.24, 2.45) is 0 Å². The Kier molecular flexibility index (Phi) is 5.90. The molecule has 2 saturated heterocycles. The Morgan fingerprint density at radius 1 is 0.839 bits per heavy atom. The Morgan fingerprint density at radius 2 is 1.48 bits per heavy atom. The molecule has 0 saturated carbocycles. The second kappa shape index (κ2) is 9.11. The first-order valence-electron chi connectivity index (χ1n) is 10.5. The van der Waals surface area contributed by atoms with Gasteiger partial charge in [0.25, 0.3) is 0 Å². The molecule has 8 nitrogen and oxygen atoms in total. The quantitative estimate of drug-likeness (QED) is 0.597. The minimum Gasteiger partial charge on any atom is -0.378 e. The van der Waals surface area contributed by atoms with Crippen molar-refractivity contribution in [1.82, 2.24) is 20.2 Å². The van der Waals surface area contributed by atoms with Crippen LogP contribution in [0.4, 0.5) is 21.2 Å². The number of morpholine rings is 1. The predicted octanol–water partition coefficient (Wildman–Crippen LogP) is 2.22. The first kappa shape index (κ1) is 20.1. The van der Waals surface area contributed by atoms with Gasteiger partial charge in [-0.05, 0) is 17.7 Å². The summed E-state index contributed by atoms with van der Waals surface area (Å²) in [5.41, 5.74) is 1.04. The van der Waals surface area contributed by atoms with Crippen LogP contribution in [0.15, 0.2) is 36.7 Å². The van der Waals surface area contributed by atoms with Gasteiger partial charge in [0.05, 0.1) is 13.2 Å². The van der Waals surface area contributed by atoms with Gasteiger partial charge in [-0.1, -0.05) is 23.5 Å². The molecule has 0 radical (unpaired) electrons. The van der Waals surface area contributed by atoms with Crippen LogP contribution in [-0.2, 0) is 11.2 Å². The molecule has 2 aliphatic rings. The molecule has 31 heavy (non-hydrogen) atoms. The van der Waals surface area contributed by atoms with Gasteiger partial charge in [0.1, 0.15) is 28.8 Å². The maximum absolute atomic E-state index is 13.1. The summed E-state index contributed by atoms with van der Waals surface area (Å²) in [7, 11) is 0. The Bertz CT molecular complexity index is 1000. The fourth-order valence-electron chi connectivity index (χ4n) is 3.82. The van der Waals surface area contributed by atoms with E-state index in [1.165, 1.54) is 12.1 Å². The zero-order valence-electron chi connectivity index (χ0n) is 17.2. The number of aromatic nitrogens is 4. The van der Waals surface area contributed by atoms with Crippen molar-refractivity contribution in [2.75, 3.05) is 67.2 Å². The van der Waals surface area contributed by atoms with Gasteiger partial charge in [-0.3, -0.25) is 0 Å². The number of rotatable bonds is 5. The summed E-state index contributed by atoms with van der Waals surface area (Å²) < 4.78 is 18.5. The lowest BCUT2D eigenvalue weighted by molar-refractivity contribution is 0.122. The lowest BCUT2D eigenvalue weighted by Crippen LogP contribution is -2.47. The summed E-state index contributed by atoms with van der Waals surface area (Å²) in [5, 5.41) is 10.6. The summed E-state index contributed by atoms with van der Waals surface area (Å²) in [6.45, 7) is 6.66. The monoisotopic (exact) mass is 441 g/mol. The first-order valence-corrected chi connectivity index (χ1v) is 11.3. The van der Waals surface area contributed by atoms with Crippen LogP contribution < -0.4 is 14.7 Å². The second-order valence-electron chi connectivity index (χ2n) is 7.59. The molecule has 2 aliphatic heterocycles. The van der Waals surface area contributed by atoms with Crippen LogP contribution in [0, 0.1) is 5.82 Å². The number of piperazine rings is 1. The van der Waals surface area contributed by atoms with Gasteiger partial charge in [0, 0.05) is 51.8 Å². The molecular weight excluding hydrogens is 417 g/mol. The molecule has 1 aromatic carbocycles. The van der Waals surface area contributed by atoms with Gasteiger partial charge in [-0.2, -0.15) is 0 Å². The van der Waals surface area contributed by atoms with E-state index in [9.17, 15) is 4.39 Å². The summed E-state index contributed by atoms with van der Waals surface area (Å²) in [5.74, 6) is 1.70. The molecule has 0 bridgehead atoms. The number of hydrogen-bond donors (Lipinski definition) is 0. The van der Waals surface area contributed by atoms with E-state index < -0.39 is 0 Å². The van der Waals surface area contributed by atoms with Crippen molar-refractivity contribution in [3.8, 4) is 0 Å². The van der Waals surface area contributed by atoms with Crippen molar-refractivity contribution in [3.63, 3.8) is 0 Å². The fraction of sp³-hybridized carbons (Fsp3) is 0.429. The topological polar surface area (TPSA) is 70.5 Å². The van der Waals surface area contributed by atoms with Crippen LogP contribution in [0.25, 0.3) is 0 Å². The number of halogens is 1. The number of hydrogen-bond acceptors (Lipinski definition) is 9. The van der Waals surface area contributed by atoms with E-state index in [4.69, 9.17) is 4.74 Å². The van der Waals surface area contributed by atoms with Gasteiger partial charge in [-0.25, -0.2) is 14.4 Å². The van der Waals surface area contributed by atoms with E-state index in [1.54, 1.807) is 29.8 Å². The lowest BCUT2D eigenvalue weighted by atomic mass is 10.2. The van der Waals surface area contributed by atoms with Crippen molar-refractivity contribution < 1.29 is 9.13 Å². The lowest BCUT2D eigenvalue weighted by Gasteiger charge is -2.35. The summed E-state index contributed by atoms with van der Waals surface area (Å²) in [4.78, 5) is 15.8. The smallest absolute Gasteiger partial charge is 0.208 e. The number of anilines is 3. The predicted molar refractivity (Wildman–Crippen MR) is 119 cm³/mol. The van der Waals surface area contributed by atoms with Crippen LogP contribution in [0.3, 0.4) is 0 Å². The van der Waals surface area contributed by atoms with Crippen molar-refractivity contribution in [1.29, 1.82) is 0 Å². The van der Waals surface area contributed by atoms with Crippen LogP contribution in [0.2, 0.25) is 0 Å². The summed E-state index contributed by atoms with van der Waals surface area (Å²) in [6, 6.07) is 8.62. The molecule has 0 N–H and O–H groups in total. The molecular formula is C21H24FN7OS. The highest BCUT2D eigenvalue weighted by Gasteiger charge is 2.22. The van der Waals surface area contributed by atoms with E-state index in [0.717, 1.165) is 79.8 Å². The molecule has 162 valence electrons. The fourth-order valence-corrected chi connectivity index (χ4v) is 4.75. The average Bonchev–Trinajstić information content (AvgIpc) is 3.30. The van der Waals surface area contributed by atoms with Gasteiger partial charge in [0.15, 0.2) is 0 Å². The molecule has 0 aliphatic carbocycles. The SMILES string of the molecule is Fc1ccc(Cc2nnc(N3CCN(c4cc(N5CCOCC5)ncn4)CC3)s2)cc1. The minimum absolute atomic E-state index is 0.222. The molecule has 10 heteroatoms. The average molecular weight is 442 g/mol. The normalized spacial score (nSPS) is 17.3. The van der Waals surface area contributed by atoms with Crippen LogP contribution >= 0.6 is 11.3 Å². The Labute approximate surface area is 184 Å². The summed E-state index contributed by atoms with van der Waals surface area (Å²) >= 11 is 1.60. The van der Waals surface area contributed by atoms with E-state index >= 15 is 0 Å². The maximum atomic E-state index is 13.1. The zero-order chi connectivity index (χ0) is 21.0. The maximum Gasteiger partial charge on any atom is 0.208 e. The van der Waals surface area contributed by atoms with Gasteiger partial charge >= 0.3 is 0 Å². The number of ether oxygens (including phenoxy) is 1. The molecule has 0 spiro atoms. The third-order valence-corrected chi connectivity index (χ3v) is 6.56. The van der Waals surface area contributed by atoms with Crippen LogP contribution in [-0.4, -0.2) is 72.6 Å². The third kappa shape index (κ3) is 4.75. The molecule has 3 aromatic rings. The van der Waals surface area contributed by atoms with E-state index in [0.29, 0.717) is 6.42 Å². The Balaban J connectivity index is 1.19. The highest BCUT2D eigenvalue weighted by molar-refractivity contribution is 7.15. The number of benzene rings is 1. The Morgan fingerprint density at radius 3 is 2.19 bits per heavy atom. The highest BCUT2D eigenvalue weighted by Crippen LogP contribution is 2.25. The first-order chi connectivity index (χ1) is 15.2. The van der Waals surface area contributed by atoms with Gasteiger partial charge in [0.2, 0.25) is 5.13 Å². The second-order valence-corrected chi connectivity index (χ2v) is 8.63. The molecule has 4 heterocycles.